The minimum atomic E-state index is -0.211. The molecule has 2 aliphatic rings. The van der Waals surface area contributed by atoms with Crippen LogP contribution in [0, 0.1) is 34.5 Å². The highest BCUT2D eigenvalue weighted by Crippen LogP contribution is 2.58. The molecule has 0 amide bonds. The molecule has 5 atom stereocenters. The Bertz CT molecular complexity index is 606. The predicted octanol–water partition coefficient (Wildman–Crippen LogP) is 4.59. The van der Waals surface area contributed by atoms with Gasteiger partial charge in [0.2, 0.25) is 0 Å². The maximum atomic E-state index is 12.4. The molecule has 122 valence electrons. The summed E-state index contributed by atoms with van der Waals surface area (Å²) in [6.07, 6.45) is 5.32. The van der Waals surface area contributed by atoms with Crippen LogP contribution in [0.15, 0.2) is 30.3 Å². The Morgan fingerprint density at radius 1 is 1.30 bits per heavy atom. The lowest BCUT2D eigenvalue weighted by molar-refractivity contribution is -0.0441. The van der Waals surface area contributed by atoms with Crippen molar-refractivity contribution in [3.63, 3.8) is 0 Å². The largest absolute Gasteiger partial charge is 0.458 e. The first-order chi connectivity index (χ1) is 11.1. The summed E-state index contributed by atoms with van der Waals surface area (Å²) < 4.78 is 5.90. The molecule has 2 aliphatic carbocycles. The van der Waals surface area contributed by atoms with Gasteiger partial charge in [0.15, 0.2) is 0 Å². The van der Waals surface area contributed by atoms with Crippen molar-refractivity contribution in [1.29, 1.82) is 5.26 Å². The summed E-state index contributed by atoms with van der Waals surface area (Å²) in [6.45, 7) is 4.35. The van der Waals surface area contributed by atoms with Crippen LogP contribution in [-0.2, 0) is 4.74 Å². The molecule has 1 aromatic carbocycles. The zero-order valence-electron chi connectivity index (χ0n) is 14.0. The summed E-state index contributed by atoms with van der Waals surface area (Å²) in [6, 6.07) is 11.7. The van der Waals surface area contributed by atoms with E-state index in [9.17, 15) is 10.1 Å². The number of esters is 1. The van der Waals surface area contributed by atoms with Gasteiger partial charge in [0.25, 0.3) is 0 Å². The Morgan fingerprint density at radius 2 is 2.04 bits per heavy atom. The van der Waals surface area contributed by atoms with Crippen molar-refractivity contribution < 1.29 is 9.53 Å². The summed E-state index contributed by atoms with van der Waals surface area (Å²) in [4.78, 5) is 12.4. The lowest BCUT2D eigenvalue weighted by atomic mass is 9.62. The fourth-order valence-electron chi connectivity index (χ4n) is 4.99. The van der Waals surface area contributed by atoms with E-state index in [1.807, 2.05) is 25.1 Å². The second kappa shape index (κ2) is 6.35. The van der Waals surface area contributed by atoms with E-state index >= 15 is 0 Å². The van der Waals surface area contributed by atoms with Crippen LogP contribution in [0.25, 0.3) is 0 Å². The molecule has 0 heterocycles. The number of carbonyl (C=O) groups is 1. The zero-order chi connectivity index (χ0) is 16.4. The van der Waals surface area contributed by atoms with Gasteiger partial charge in [-0.15, -0.1) is 0 Å². The van der Waals surface area contributed by atoms with Gasteiger partial charge in [-0.3, -0.25) is 0 Å². The second-order valence-electron chi connectivity index (χ2n) is 7.42. The average molecular weight is 311 g/mol. The van der Waals surface area contributed by atoms with E-state index in [4.69, 9.17) is 4.74 Å². The van der Waals surface area contributed by atoms with E-state index in [0.717, 1.165) is 32.1 Å². The normalized spacial score (nSPS) is 34.2. The molecule has 3 heteroatoms. The molecule has 0 radical (unpaired) electrons. The highest BCUT2D eigenvalue weighted by atomic mass is 16.5. The van der Waals surface area contributed by atoms with Gasteiger partial charge in [0.05, 0.1) is 11.6 Å². The fraction of sp³-hybridized carbons (Fsp3) is 0.600. The van der Waals surface area contributed by atoms with Crippen LogP contribution in [0.3, 0.4) is 0 Å². The summed E-state index contributed by atoms with van der Waals surface area (Å²) >= 11 is 0. The standard InChI is InChI=1S/C20H25NO2/c1-14(13-21)16-10-11-17-18(9-6-12-20(16,17)2)23-19(22)15-7-4-3-5-8-15/h3-5,7-8,14,16-18H,6,9-12H2,1-2H3/t14-,16-,17+,18+,20+/m1/s1. The van der Waals surface area contributed by atoms with E-state index in [1.165, 1.54) is 0 Å². The molecule has 0 unspecified atom stereocenters. The lowest BCUT2D eigenvalue weighted by Crippen LogP contribution is -2.43. The fourth-order valence-corrected chi connectivity index (χ4v) is 4.99. The smallest absolute Gasteiger partial charge is 0.338 e. The molecule has 0 aliphatic heterocycles. The third kappa shape index (κ3) is 2.87. The Labute approximate surface area is 138 Å². The minimum Gasteiger partial charge on any atom is -0.458 e. The number of nitrogens with zero attached hydrogens (tertiary/aromatic N) is 1. The van der Waals surface area contributed by atoms with Crippen LogP contribution in [0.5, 0.6) is 0 Å². The number of hydrogen-bond donors (Lipinski definition) is 0. The number of hydrogen-bond acceptors (Lipinski definition) is 3. The number of ether oxygens (including phenoxy) is 1. The van der Waals surface area contributed by atoms with Gasteiger partial charge in [-0.1, -0.05) is 25.1 Å². The lowest BCUT2D eigenvalue weighted by Gasteiger charge is -2.45. The van der Waals surface area contributed by atoms with E-state index < -0.39 is 0 Å². The van der Waals surface area contributed by atoms with Gasteiger partial charge in [-0.2, -0.15) is 5.26 Å². The minimum absolute atomic E-state index is 0.00245. The van der Waals surface area contributed by atoms with E-state index in [0.29, 0.717) is 17.4 Å². The zero-order valence-corrected chi connectivity index (χ0v) is 14.0. The number of fused-ring (bicyclic) bond motifs is 1. The molecule has 3 rings (SSSR count). The first-order valence-electron chi connectivity index (χ1n) is 8.72. The van der Waals surface area contributed by atoms with Crippen molar-refractivity contribution in [1.82, 2.24) is 0 Å². The van der Waals surface area contributed by atoms with Crippen molar-refractivity contribution in [2.45, 2.75) is 52.1 Å². The molecule has 3 nitrogen and oxygen atoms in total. The van der Waals surface area contributed by atoms with Crippen LogP contribution in [0.1, 0.15) is 56.3 Å². The first kappa shape index (κ1) is 16.1. The van der Waals surface area contributed by atoms with Crippen LogP contribution in [0.2, 0.25) is 0 Å². The molecular weight excluding hydrogens is 286 g/mol. The number of carbonyl (C=O) groups excluding carboxylic acids is 1. The number of rotatable bonds is 3. The summed E-state index contributed by atoms with van der Waals surface area (Å²) in [7, 11) is 0. The van der Waals surface area contributed by atoms with E-state index in [1.54, 1.807) is 12.1 Å². The summed E-state index contributed by atoms with van der Waals surface area (Å²) in [5.41, 5.74) is 0.759. The first-order valence-corrected chi connectivity index (χ1v) is 8.72. The molecule has 0 saturated heterocycles. The molecule has 1 aromatic rings. The highest BCUT2D eigenvalue weighted by Gasteiger charge is 2.53. The average Bonchev–Trinajstić information content (AvgIpc) is 2.93. The van der Waals surface area contributed by atoms with Crippen LogP contribution in [-0.4, -0.2) is 12.1 Å². The molecular formula is C20H25NO2. The van der Waals surface area contributed by atoms with Gasteiger partial charge in [0.1, 0.15) is 6.10 Å². The van der Waals surface area contributed by atoms with Crippen molar-refractivity contribution in [2.24, 2.45) is 23.2 Å². The van der Waals surface area contributed by atoms with Gasteiger partial charge in [-0.25, -0.2) is 4.79 Å². The molecule has 0 aromatic heterocycles. The molecule has 2 saturated carbocycles. The molecule has 0 N–H and O–H groups in total. The third-order valence-corrected chi connectivity index (χ3v) is 6.21. The van der Waals surface area contributed by atoms with Crippen LogP contribution < -0.4 is 0 Å². The Kier molecular flexibility index (Phi) is 4.43. The number of benzene rings is 1. The maximum Gasteiger partial charge on any atom is 0.338 e. The second-order valence-corrected chi connectivity index (χ2v) is 7.42. The van der Waals surface area contributed by atoms with Gasteiger partial charge in [0, 0.05) is 11.8 Å². The van der Waals surface area contributed by atoms with Crippen LogP contribution in [0.4, 0.5) is 0 Å². The van der Waals surface area contributed by atoms with Gasteiger partial charge >= 0.3 is 5.97 Å². The van der Waals surface area contributed by atoms with E-state index in [-0.39, 0.29) is 23.4 Å². The topological polar surface area (TPSA) is 50.1 Å². The Balaban J connectivity index is 1.75. The number of nitriles is 1. The summed E-state index contributed by atoms with van der Waals surface area (Å²) in [5, 5.41) is 9.32. The molecule has 0 spiro atoms. The predicted molar refractivity (Wildman–Crippen MR) is 88.6 cm³/mol. The third-order valence-electron chi connectivity index (χ3n) is 6.21. The Hall–Kier alpha value is -1.82. The monoisotopic (exact) mass is 311 g/mol. The van der Waals surface area contributed by atoms with Crippen LogP contribution >= 0.6 is 0 Å². The van der Waals surface area contributed by atoms with Crippen molar-refractivity contribution in [3.8, 4) is 6.07 Å². The molecule has 23 heavy (non-hydrogen) atoms. The quantitative estimate of drug-likeness (QED) is 0.767. The van der Waals surface area contributed by atoms with Gasteiger partial charge < -0.3 is 4.74 Å². The van der Waals surface area contributed by atoms with Crippen molar-refractivity contribution >= 4 is 5.97 Å². The highest BCUT2D eigenvalue weighted by molar-refractivity contribution is 5.89. The van der Waals surface area contributed by atoms with Crippen molar-refractivity contribution in [3.05, 3.63) is 35.9 Å². The van der Waals surface area contributed by atoms with E-state index in [2.05, 4.69) is 13.0 Å². The molecule has 0 bridgehead atoms. The summed E-state index contributed by atoms with van der Waals surface area (Å²) in [5.74, 6) is 0.686. The Morgan fingerprint density at radius 3 is 2.74 bits per heavy atom. The maximum absolute atomic E-state index is 12.4. The van der Waals surface area contributed by atoms with Gasteiger partial charge in [-0.05, 0) is 62.5 Å². The molecule has 2 fully saturated rings. The SMILES string of the molecule is C[C@H](C#N)[C@H]1CC[C@H]2[C@@H](OC(=O)c3ccccc3)CCC[C@@]12C. The van der Waals surface area contributed by atoms with Crippen molar-refractivity contribution in [2.75, 3.05) is 0 Å².